The summed E-state index contributed by atoms with van der Waals surface area (Å²) in [6, 6.07) is 25.0. The molecule has 2 amide bonds. The molecule has 0 unspecified atom stereocenters. The van der Waals surface area contributed by atoms with Crippen LogP contribution in [0.5, 0.6) is 0 Å². The van der Waals surface area contributed by atoms with Gasteiger partial charge < -0.3 is 10.2 Å². The van der Waals surface area contributed by atoms with E-state index in [0.29, 0.717) is 36.1 Å². The maximum atomic E-state index is 13.7. The fraction of sp³-hybridized carbons (Fsp3) is 0.333. The molecule has 0 aromatic heterocycles. The molecule has 0 fully saturated rings. The van der Waals surface area contributed by atoms with Crippen molar-refractivity contribution in [3.63, 3.8) is 0 Å². The van der Waals surface area contributed by atoms with Crippen LogP contribution >= 0.6 is 23.4 Å². The van der Waals surface area contributed by atoms with E-state index in [1.807, 2.05) is 54.6 Å². The molecule has 4 nitrogen and oxygen atoms in total. The summed E-state index contributed by atoms with van der Waals surface area (Å²) in [7, 11) is 0. The zero-order chi connectivity index (χ0) is 25.9. The number of nitrogens with one attached hydrogen (secondary N) is 1. The Morgan fingerprint density at radius 2 is 1.61 bits per heavy atom. The number of nitrogens with zero attached hydrogens (tertiary/aromatic N) is 1. The number of carbonyl (C=O) groups excluding carboxylic acids is 2. The second-order valence-corrected chi connectivity index (χ2v) is 10.9. The maximum Gasteiger partial charge on any atom is 0.243 e. The van der Waals surface area contributed by atoms with Crippen molar-refractivity contribution < 1.29 is 9.59 Å². The van der Waals surface area contributed by atoms with Crippen molar-refractivity contribution in [3.8, 4) is 0 Å². The van der Waals surface area contributed by atoms with Gasteiger partial charge in [-0.15, -0.1) is 11.8 Å². The molecule has 6 heteroatoms. The molecule has 36 heavy (non-hydrogen) atoms. The van der Waals surface area contributed by atoms with Crippen molar-refractivity contribution in [1.29, 1.82) is 0 Å². The van der Waals surface area contributed by atoms with Gasteiger partial charge in [-0.25, -0.2) is 0 Å². The smallest absolute Gasteiger partial charge is 0.243 e. The Morgan fingerprint density at radius 3 is 2.28 bits per heavy atom. The van der Waals surface area contributed by atoms with Crippen LogP contribution in [0.15, 0.2) is 83.8 Å². The Morgan fingerprint density at radius 1 is 0.944 bits per heavy atom. The van der Waals surface area contributed by atoms with E-state index in [1.54, 1.807) is 16.7 Å². The van der Waals surface area contributed by atoms with Gasteiger partial charge in [-0.1, -0.05) is 91.7 Å². The fourth-order valence-electron chi connectivity index (χ4n) is 3.82. The molecule has 0 spiro atoms. The minimum absolute atomic E-state index is 0.0600. The van der Waals surface area contributed by atoms with Gasteiger partial charge >= 0.3 is 0 Å². The van der Waals surface area contributed by atoms with E-state index in [4.69, 9.17) is 11.6 Å². The highest BCUT2D eigenvalue weighted by Gasteiger charge is 2.30. The van der Waals surface area contributed by atoms with Gasteiger partial charge in [0.05, 0.1) is 0 Å². The molecule has 3 rings (SSSR count). The van der Waals surface area contributed by atoms with Crippen molar-refractivity contribution in [3.05, 3.63) is 101 Å². The maximum absolute atomic E-state index is 13.7. The number of halogens is 1. The summed E-state index contributed by atoms with van der Waals surface area (Å²) in [6.45, 7) is 7.01. The molecule has 3 aromatic rings. The van der Waals surface area contributed by atoms with Crippen LogP contribution in [0, 0.1) is 12.8 Å². The molecule has 0 radical (unpaired) electrons. The number of benzene rings is 3. The number of carbonyl (C=O) groups is 2. The minimum atomic E-state index is -0.640. The van der Waals surface area contributed by atoms with Gasteiger partial charge in [-0.05, 0) is 42.2 Å². The van der Waals surface area contributed by atoms with Crippen molar-refractivity contribution in [2.45, 2.75) is 51.1 Å². The quantitative estimate of drug-likeness (QED) is 0.275. The lowest BCUT2D eigenvalue weighted by Gasteiger charge is -2.32. The summed E-state index contributed by atoms with van der Waals surface area (Å²) in [6.07, 6.45) is 0.762. The molecule has 0 saturated carbocycles. The third kappa shape index (κ3) is 8.72. The molecule has 0 aliphatic heterocycles. The van der Waals surface area contributed by atoms with Crippen molar-refractivity contribution in [1.82, 2.24) is 10.2 Å². The van der Waals surface area contributed by atoms with Crippen molar-refractivity contribution in [2.24, 2.45) is 5.92 Å². The van der Waals surface area contributed by atoms with E-state index in [9.17, 15) is 9.59 Å². The molecule has 0 bridgehead atoms. The highest BCUT2D eigenvalue weighted by molar-refractivity contribution is 7.99. The first-order chi connectivity index (χ1) is 17.3. The molecule has 1 atom stereocenters. The molecular weight excluding hydrogens is 488 g/mol. The van der Waals surface area contributed by atoms with Crippen LogP contribution in [0.2, 0.25) is 5.02 Å². The van der Waals surface area contributed by atoms with Gasteiger partial charge in [-0.3, -0.25) is 9.59 Å². The summed E-state index contributed by atoms with van der Waals surface area (Å²) >= 11 is 8.12. The van der Waals surface area contributed by atoms with Gasteiger partial charge in [-0.2, -0.15) is 0 Å². The predicted molar refractivity (Wildman–Crippen MR) is 150 cm³/mol. The second kappa shape index (κ2) is 14.1. The number of amides is 2. The number of rotatable bonds is 12. The number of aryl methyl sites for hydroxylation is 1. The van der Waals surface area contributed by atoms with E-state index < -0.39 is 6.04 Å². The van der Waals surface area contributed by atoms with E-state index in [2.05, 4.69) is 50.4 Å². The molecule has 0 heterocycles. The third-order valence-corrected chi connectivity index (χ3v) is 7.24. The van der Waals surface area contributed by atoms with Crippen molar-refractivity contribution >= 4 is 35.2 Å². The van der Waals surface area contributed by atoms with Crippen LogP contribution in [-0.2, 0) is 22.6 Å². The average molecular weight is 523 g/mol. The highest BCUT2D eigenvalue weighted by Crippen LogP contribution is 2.23. The molecule has 3 aromatic carbocycles. The number of hydrogen-bond acceptors (Lipinski definition) is 3. The van der Waals surface area contributed by atoms with E-state index in [1.165, 1.54) is 5.56 Å². The zero-order valence-corrected chi connectivity index (χ0v) is 22.8. The number of hydrogen-bond donors (Lipinski definition) is 1. The second-order valence-electron chi connectivity index (χ2n) is 9.37. The minimum Gasteiger partial charge on any atom is -0.354 e. The van der Waals surface area contributed by atoms with Crippen LogP contribution in [-0.4, -0.2) is 35.1 Å². The SMILES string of the molecule is Cc1ccc(SCCC(=O)N(Cc2ccccc2Cl)[C@@H](Cc2ccccc2)C(=O)NCC(C)C)cc1. The average Bonchev–Trinajstić information content (AvgIpc) is 2.87. The lowest BCUT2D eigenvalue weighted by molar-refractivity contribution is -0.141. The standard InChI is InChI=1S/C30H35ClN2O2S/c1-22(2)20-32-30(35)28(19-24-9-5-4-6-10-24)33(21-25-11-7-8-12-27(25)31)29(34)17-18-36-26-15-13-23(3)14-16-26/h4-16,22,28H,17-21H2,1-3H3,(H,32,35)/t28-/m0/s1. The van der Waals surface area contributed by atoms with Gasteiger partial charge in [0.25, 0.3) is 0 Å². The molecule has 0 aliphatic carbocycles. The van der Waals surface area contributed by atoms with Crippen LogP contribution in [0.3, 0.4) is 0 Å². The summed E-state index contributed by atoms with van der Waals surface area (Å²) in [4.78, 5) is 30.0. The number of thioether (sulfide) groups is 1. The van der Waals surface area contributed by atoms with Crippen molar-refractivity contribution in [2.75, 3.05) is 12.3 Å². The van der Waals surface area contributed by atoms with E-state index in [0.717, 1.165) is 16.0 Å². The third-order valence-electron chi connectivity index (χ3n) is 5.86. The van der Waals surface area contributed by atoms with Gasteiger partial charge in [0.1, 0.15) is 6.04 Å². The van der Waals surface area contributed by atoms with E-state index in [-0.39, 0.29) is 18.4 Å². The summed E-state index contributed by atoms with van der Waals surface area (Å²) in [5.74, 6) is 0.742. The fourth-order valence-corrected chi connectivity index (χ4v) is 4.86. The van der Waals surface area contributed by atoms with Crippen LogP contribution in [0.1, 0.15) is 37.0 Å². The summed E-state index contributed by atoms with van der Waals surface area (Å²) in [5, 5.41) is 3.64. The molecular formula is C30H35ClN2O2S. The molecule has 0 aliphatic rings. The predicted octanol–water partition coefficient (Wildman–Crippen LogP) is 6.54. The Bertz CT molecular complexity index is 1120. The highest BCUT2D eigenvalue weighted by atomic mass is 35.5. The summed E-state index contributed by atoms with van der Waals surface area (Å²) < 4.78 is 0. The van der Waals surface area contributed by atoms with E-state index >= 15 is 0 Å². The topological polar surface area (TPSA) is 49.4 Å². The normalized spacial score (nSPS) is 11.8. The van der Waals surface area contributed by atoms with Crippen LogP contribution in [0.4, 0.5) is 0 Å². The van der Waals surface area contributed by atoms with Crippen LogP contribution < -0.4 is 5.32 Å². The molecule has 1 N–H and O–H groups in total. The Kier molecular flexibility index (Phi) is 10.9. The van der Waals surface area contributed by atoms with Gasteiger partial charge in [0, 0.05) is 41.6 Å². The monoisotopic (exact) mass is 522 g/mol. The first kappa shape index (κ1) is 27.8. The largest absolute Gasteiger partial charge is 0.354 e. The molecule has 190 valence electrons. The lowest BCUT2D eigenvalue weighted by atomic mass is 10.0. The Balaban J connectivity index is 1.84. The first-order valence-electron chi connectivity index (χ1n) is 12.4. The first-order valence-corrected chi connectivity index (χ1v) is 13.7. The van der Waals surface area contributed by atoms with Gasteiger partial charge in [0.15, 0.2) is 0 Å². The van der Waals surface area contributed by atoms with Crippen LogP contribution in [0.25, 0.3) is 0 Å². The summed E-state index contributed by atoms with van der Waals surface area (Å²) in [5.41, 5.74) is 3.04. The molecule has 0 saturated heterocycles. The van der Waals surface area contributed by atoms with Gasteiger partial charge in [0.2, 0.25) is 11.8 Å². The Labute approximate surface area is 224 Å². The zero-order valence-electron chi connectivity index (χ0n) is 21.2. The Hall–Kier alpha value is -2.76. The lowest BCUT2D eigenvalue weighted by Crippen LogP contribution is -2.51.